The molecule has 126 valence electrons. The Morgan fingerprint density at radius 1 is 1.35 bits per heavy atom. The average Bonchev–Trinajstić information content (AvgIpc) is 3.01. The van der Waals surface area contributed by atoms with Gasteiger partial charge < -0.3 is 9.77 Å². The van der Waals surface area contributed by atoms with E-state index in [9.17, 15) is 5.21 Å². The molecular weight excluding hydrogens is 343 g/mol. The maximum atomic E-state index is 12.2. The molecule has 0 saturated carbocycles. The second-order valence-electron chi connectivity index (χ2n) is 6.48. The van der Waals surface area contributed by atoms with E-state index in [1.807, 2.05) is 25.3 Å². The van der Waals surface area contributed by atoms with Crippen LogP contribution in [-0.4, -0.2) is 43.2 Å². The number of nitrogens with zero attached hydrogens (tertiary/aromatic N) is 5. The van der Waals surface area contributed by atoms with E-state index >= 15 is 0 Å². The second-order valence-corrected chi connectivity index (χ2v) is 7.17. The molecule has 2 atom stereocenters. The Kier molecular flexibility index (Phi) is 4.47. The van der Waals surface area contributed by atoms with E-state index in [1.165, 1.54) is 0 Å². The van der Waals surface area contributed by atoms with Crippen molar-refractivity contribution in [3.8, 4) is 0 Å². The van der Waals surface area contributed by atoms with Crippen LogP contribution in [0.3, 0.4) is 0 Å². The summed E-state index contributed by atoms with van der Waals surface area (Å²) in [5.74, 6) is 0. The molecule has 1 fully saturated rings. The predicted molar refractivity (Wildman–Crippen MR) is 85.7 cm³/mol. The summed E-state index contributed by atoms with van der Waals surface area (Å²) >= 11 is 11.9. The highest BCUT2D eigenvalue weighted by Crippen LogP contribution is 2.27. The molecule has 3 heterocycles. The largest absolute Gasteiger partial charge is 0.579 e. The molecule has 0 aliphatic carbocycles. The highest BCUT2D eigenvalue weighted by atomic mass is 35.5. The molecule has 0 amide bonds. The molecule has 0 spiro atoms. The van der Waals surface area contributed by atoms with E-state index in [-0.39, 0.29) is 21.8 Å². The first-order chi connectivity index (χ1) is 10.7. The maximum absolute atomic E-state index is 12.2. The van der Waals surface area contributed by atoms with Gasteiger partial charge in [0.2, 0.25) is 5.28 Å². The van der Waals surface area contributed by atoms with Gasteiger partial charge in [0.1, 0.15) is 11.1 Å². The van der Waals surface area contributed by atoms with Crippen LogP contribution in [0.25, 0.3) is 11.2 Å². The van der Waals surface area contributed by atoms with Crippen molar-refractivity contribution in [2.45, 2.75) is 38.8 Å². The highest BCUT2D eigenvalue weighted by Gasteiger charge is 2.32. The Balaban J connectivity index is 1.80. The van der Waals surface area contributed by atoms with Crippen LogP contribution < -0.4 is 5.34 Å². The van der Waals surface area contributed by atoms with Crippen molar-refractivity contribution in [2.24, 2.45) is 0 Å². The van der Waals surface area contributed by atoms with Crippen LogP contribution in [0.1, 0.15) is 33.2 Å². The third kappa shape index (κ3) is 3.57. The SMILES string of the molecule is CC(C)(C)O[NH+]([O-])N1CC[C@H](n2cnc3c(Cl)nc(Cl)nc32)C1. The van der Waals surface area contributed by atoms with Gasteiger partial charge >= 0.3 is 0 Å². The van der Waals surface area contributed by atoms with Crippen molar-refractivity contribution < 1.29 is 10.2 Å². The summed E-state index contributed by atoms with van der Waals surface area (Å²) in [6, 6.07) is 0.0505. The fourth-order valence-corrected chi connectivity index (χ4v) is 3.01. The van der Waals surface area contributed by atoms with Crippen molar-refractivity contribution in [3.05, 3.63) is 22.0 Å². The number of fused-ring (bicyclic) bond motifs is 1. The van der Waals surface area contributed by atoms with E-state index in [1.54, 1.807) is 11.3 Å². The van der Waals surface area contributed by atoms with Crippen molar-refractivity contribution in [2.75, 3.05) is 13.1 Å². The summed E-state index contributed by atoms with van der Waals surface area (Å²) in [6.07, 6.45) is 2.44. The van der Waals surface area contributed by atoms with Gasteiger partial charge in [-0.3, -0.25) is 0 Å². The number of rotatable bonds is 3. The van der Waals surface area contributed by atoms with E-state index < -0.39 is 5.60 Å². The third-order valence-electron chi connectivity index (χ3n) is 3.56. The summed E-state index contributed by atoms with van der Waals surface area (Å²) in [5, 5.41) is 13.8. The van der Waals surface area contributed by atoms with E-state index in [0.29, 0.717) is 24.3 Å². The van der Waals surface area contributed by atoms with Gasteiger partial charge in [-0.15, -0.1) is 10.3 Å². The molecular formula is C13H18Cl2N6O2. The minimum Gasteiger partial charge on any atom is -0.579 e. The normalized spacial score (nSPS) is 21.2. The topological polar surface area (TPSA) is 83.6 Å². The lowest BCUT2D eigenvalue weighted by molar-refractivity contribution is -1.15. The van der Waals surface area contributed by atoms with Gasteiger partial charge in [0, 0.05) is 0 Å². The molecule has 1 unspecified atom stereocenters. The Labute approximate surface area is 143 Å². The molecule has 2 aromatic rings. The van der Waals surface area contributed by atoms with Gasteiger partial charge in [-0.1, -0.05) is 11.6 Å². The minimum atomic E-state index is -0.509. The minimum absolute atomic E-state index is 0.0505. The molecule has 8 nitrogen and oxygen atoms in total. The van der Waals surface area contributed by atoms with E-state index in [4.69, 9.17) is 28.0 Å². The van der Waals surface area contributed by atoms with Crippen molar-refractivity contribution in [1.82, 2.24) is 24.5 Å². The monoisotopic (exact) mass is 360 g/mol. The van der Waals surface area contributed by atoms with Gasteiger partial charge in [0.05, 0.1) is 25.5 Å². The van der Waals surface area contributed by atoms with Crippen LogP contribution in [0, 0.1) is 5.21 Å². The highest BCUT2D eigenvalue weighted by molar-refractivity contribution is 6.35. The number of aromatic nitrogens is 4. The Morgan fingerprint density at radius 2 is 2.09 bits per heavy atom. The Morgan fingerprint density at radius 3 is 2.78 bits per heavy atom. The van der Waals surface area contributed by atoms with Crippen LogP contribution in [0.2, 0.25) is 10.4 Å². The summed E-state index contributed by atoms with van der Waals surface area (Å²) in [4.78, 5) is 17.7. The van der Waals surface area contributed by atoms with Crippen molar-refractivity contribution in [3.63, 3.8) is 0 Å². The summed E-state index contributed by atoms with van der Waals surface area (Å²) < 4.78 is 1.89. The van der Waals surface area contributed by atoms with Gasteiger partial charge in [0.25, 0.3) is 0 Å². The van der Waals surface area contributed by atoms with Gasteiger partial charge in [0.15, 0.2) is 10.8 Å². The molecule has 1 N–H and O–H groups in total. The molecule has 0 bridgehead atoms. The first kappa shape index (κ1) is 16.8. The van der Waals surface area contributed by atoms with Crippen LogP contribution >= 0.6 is 23.2 Å². The first-order valence-electron chi connectivity index (χ1n) is 7.28. The first-order valence-corrected chi connectivity index (χ1v) is 8.04. The molecule has 0 aromatic carbocycles. The van der Waals surface area contributed by atoms with Crippen LogP contribution in [0.4, 0.5) is 0 Å². The quantitative estimate of drug-likeness (QED) is 0.506. The zero-order valence-corrected chi connectivity index (χ0v) is 14.6. The lowest BCUT2D eigenvalue weighted by Gasteiger charge is -2.32. The van der Waals surface area contributed by atoms with Crippen LogP contribution in [-0.2, 0) is 4.84 Å². The molecule has 1 aliphatic heterocycles. The second kappa shape index (κ2) is 6.12. The molecule has 2 aromatic heterocycles. The Hall–Kier alpha value is -1.03. The summed E-state index contributed by atoms with van der Waals surface area (Å²) in [6.45, 7) is 6.69. The average molecular weight is 361 g/mol. The van der Waals surface area contributed by atoms with Crippen LogP contribution in [0.5, 0.6) is 0 Å². The van der Waals surface area contributed by atoms with E-state index in [2.05, 4.69) is 15.0 Å². The fraction of sp³-hybridized carbons (Fsp3) is 0.615. The van der Waals surface area contributed by atoms with Gasteiger partial charge in [-0.05, 0) is 38.8 Å². The number of quaternary nitrogens is 1. The summed E-state index contributed by atoms with van der Waals surface area (Å²) in [7, 11) is 0. The maximum Gasteiger partial charge on any atom is 0.225 e. The standard InChI is InChI=1S/C13H18Cl2N6O2/c1-13(2,3)23-21(22)19-5-4-8(6-19)20-7-16-9-10(14)17-12(15)18-11(9)20/h7-8,21H,4-6H2,1-3H3/t8-/m0/s1. The Bertz CT molecular complexity index is 716. The smallest absolute Gasteiger partial charge is 0.225 e. The number of imidazole rings is 1. The van der Waals surface area contributed by atoms with Crippen molar-refractivity contribution in [1.29, 1.82) is 0 Å². The zero-order valence-electron chi connectivity index (χ0n) is 13.1. The van der Waals surface area contributed by atoms with Crippen molar-refractivity contribution >= 4 is 34.4 Å². The van der Waals surface area contributed by atoms with Gasteiger partial charge in [-0.2, -0.15) is 9.82 Å². The number of halogens is 2. The molecule has 3 rings (SSSR count). The fourth-order valence-electron chi connectivity index (χ4n) is 2.59. The molecule has 23 heavy (non-hydrogen) atoms. The molecule has 0 radical (unpaired) electrons. The lowest BCUT2D eigenvalue weighted by atomic mass is 10.2. The zero-order chi connectivity index (χ0) is 16.8. The van der Waals surface area contributed by atoms with E-state index in [0.717, 1.165) is 6.42 Å². The van der Waals surface area contributed by atoms with Gasteiger partial charge in [-0.25, -0.2) is 9.97 Å². The molecule has 10 heteroatoms. The van der Waals surface area contributed by atoms with Crippen LogP contribution in [0.15, 0.2) is 6.33 Å². The lowest BCUT2D eigenvalue weighted by Crippen LogP contribution is -3.14. The third-order valence-corrected chi connectivity index (χ3v) is 3.99. The molecule has 1 saturated heterocycles. The number of hydrogen-bond acceptors (Lipinski definition) is 6. The molecule has 1 aliphatic rings. The number of nitrogens with one attached hydrogen (secondary N) is 1. The number of hydrogen-bond donors (Lipinski definition) is 1. The summed E-state index contributed by atoms with van der Waals surface area (Å²) in [5.41, 5.74) is 0.573. The predicted octanol–water partition coefficient (Wildman–Crippen LogP) is 1.41.